The second kappa shape index (κ2) is 8.21. The fourth-order valence-corrected chi connectivity index (χ4v) is 3.61. The summed E-state index contributed by atoms with van der Waals surface area (Å²) >= 11 is 0. The summed E-state index contributed by atoms with van der Waals surface area (Å²) in [5.41, 5.74) is 5.78. The van der Waals surface area contributed by atoms with Crippen molar-refractivity contribution in [2.45, 2.75) is 38.5 Å². The molecular weight excluding hydrogens is 336 g/mol. The second-order valence-electron chi connectivity index (χ2n) is 7.10. The maximum absolute atomic E-state index is 12.2. The van der Waals surface area contributed by atoms with E-state index in [9.17, 15) is 4.79 Å². The highest BCUT2D eigenvalue weighted by Crippen LogP contribution is 2.22. The van der Waals surface area contributed by atoms with Crippen LogP contribution in [-0.2, 0) is 30.5 Å². The van der Waals surface area contributed by atoms with E-state index in [1.807, 2.05) is 30.3 Å². The van der Waals surface area contributed by atoms with E-state index in [2.05, 4.69) is 28.5 Å². The van der Waals surface area contributed by atoms with Crippen LogP contribution in [0.15, 0.2) is 59.2 Å². The van der Waals surface area contributed by atoms with Crippen molar-refractivity contribution in [3.05, 3.63) is 77.2 Å². The van der Waals surface area contributed by atoms with Crippen molar-refractivity contribution < 1.29 is 9.21 Å². The Kier molecular flexibility index (Phi) is 5.33. The van der Waals surface area contributed by atoms with Crippen LogP contribution in [0.2, 0.25) is 0 Å². The SMILES string of the molecule is O=C(Cc1ccc2c(c1)CCCC2)NCCc1coc(-c2ccccc2)n1. The van der Waals surface area contributed by atoms with Crippen LogP contribution < -0.4 is 5.32 Å². The monoisotopic (exact) mass is 360 g/mol. The van der Waals surface area contributed by atoms with E-state index in [0.29, 0.717) is 25.3 Å². The van der Waals surface area contributed by atoms with Crippen LogP contribution in [-0.4, -0.2) is 17.4 Å². The number of aromatic nitrogens is 1. The Hall–Kier alpha value is -2.88. The second-order valence-corrected chi connectivity index (χ2v) is 7.10. The number of carbonyl (C=O) groups is 1. The molecule has 2 aromatic carbocycles. The van der Waals surface area contributed by atoms with E-state index in [4.69, 9.17) is 4.42 Å². The Morgan fingerprint density at radius 2 is 1.85 bits per heavy atom. The Morgan fingerprint density at radius 3 is 2.70 bits per heavy atom. The normalized spacial score (nSPS) is 13.2. The quantitative estimate of drug-likeness (QED) is 0.719. The number of amides is 1. The summed E-state index contributed by atoms with van der Waals surface area (Å²) in [7, 11) is 0. The van der Waals surface area contributed by atoms with Gasteiger partial charge in [-0.1, -0.05) is 36.4 Å². The number of benzene rings is 2. The average Bonchev–Trinajstić information content (AvgIpc) is 3.17. The molecule has 4 nitrogen and oxygen atoms in total. The number of carbonyl (C=O) groups excluding carboxylic acids is 1. The molecule has 1 aromatic heterocycles. The van der Waals surface area contributed by atoms with Crippen LogP contribution in [0.3, 0.4) is 0 Å². The molecule has 0 unspecified atom stereocenters. The maximum atomic E-state index is 12.2. The minimum atomic E-state index is 0.0533. The lowest BCUT2D eigenvalue weighted by Crippen LogP contribution is -2.27. The molecule has 4 heteroatoms. The van der Waals surface area contributed by atoms with Gasteiger partial charge >= 0.3 is 0 Å². The van der Waals surface area contributed by atoms with Crippen molar-refractivity contribution in [1.82, 2.24) is 10.3 Å². The van der Waals surface area contributed by atoms with Crippen LogP contribution >= 0.6 is 0 Å². The zero-order valence-electron chi connectivity index (χ0n) is 15.4. The van der Waals surface area contributed by atoms with E-state index in [1.54, 1.807) is 6.26 Å². The number of aryl methyl sites for hydroxylation is 2. The summed E-state index contributed by atoms with van der Waals surface area (Å²) in [6, 6.07) is 16.3. The first-order valence-electron chi connectivity index (χ1n) is 9.65. The highest BCUT2D eigenvalue weighted by molar-refractivity contribution is 5.78. The molecule has 27 heavy (non-hydrogen) atoms. The van der Waals surface area contributed by atoms with Crippen molar-refractivity contribution in [3.8, 4) is 11.5 Å². The molecule has 0 bridgehead atoms. The summed E-state index contributed by atoms with van der Waals surface area (Å²) in [6.07, 6.45) is 7.60. The fraction of sp³-hybridized carbons (Fsp3) is 0.304. The average molecular weight is 360 g/mol. The first-order valence-corrected chi connectivity index (χ1v) is 9.65. The highest BCUT2D eigenvalue weighted by Gasteiger charge is 2.11. The van der Waals surface area contributed by atoms with E-state index in [1.165, 1.54) is 30.4 Å². The zero-order chi connectivity index (χ0) is 18.5. The van der Waals surface area contributed by atoms with Gasteiger partial charge in [0.1, 0.15) is 6.26 Å². The van der Waals surface area contributed by atoms with Crippen molar-refractivity contribution >= 4 is 5.91 Å². The molecule has 1 amide bonds. The number of oxazole rings is 1. The number of hydrogen-bond donors (Lipinski definition) is 1. The van der Waals surface area contributed by atoms with Gasteiger partial charge in [-0.3, -0.25) is 4.79 Å². The lowest BCUT2D eigenvalue weighted by atomic mass is 9.90. The van der Waals surface area contributed by atoms with Gasteiger partial charge in [-0.15, -0.1) is 0 Å². The molecule has 138 valence electrons. The number of hydrogen-bond acceptors (Lipinski definition) is 3. The van der Waals surface area contributed by atoms with Gasteiger partial charge in [0.05, 0.1) is 12.1 Å². The molecule has 0 fully saturated rings. The summed E-state index contributed by atoms with van der Waals surface area (Å²) < 4.78 is 5.53. The van der Waals surface area contributed by atoms with Gasteiger partial charge in [0.2, 0.25) is 11.8 Å². The third kappa shape index (κ3) is 4.45. The molecule has 0 saturated heterocycles. The summed E-state index contributed by atoms with van der Waals surface area (Å²) in [6.45, 7) is 0.560. The number of nitrogens with zero attached hydrogens (tertiary/aromatic N) is 1. The van der Waals surface area contributed by atoms with E-state index < -0.39 is 0 Å². The van der Waals surface area contributed by atoms with Crippen LogP contribution in [0, 0.1) is 0 Å². The third-order valence-electron chi connectivity index (χ3n) is 5.05. The predicted octanol–water partition coefficient (Wildman–Crippen LogP) is 4.12. The minimum absolute atomic E-state index is 0.0533. The number of nitrogens with one attached hydrogen (secondary N) is 1. The molecule has 0 atom stereocenters. The third-order valence-corrected chi connectivity index (χ3v) is 5.05. The number of rotatable bonds is 6. The first kappa shape index (κ1) is 17.5. The van der Waals surface area contributed by atoms with Crippen LogP contribution in [0.4, 0.5) is 0 Å². The van der Waals surface area contributed by atoms with Gasteiger partial charge in [0.15, 0.2) is 0 Å². The van der Waals surface area contributed by atoms with E-state index in [0.717, 1.165) is 23.2 Å². The van der Waals surface area contributed by atoms with Crippen molar-refractivity contribution in [2.24, 2.45) is 0 Å². The molecular formula is C23H24N2O2. The van der Waals surface area contributed by atoms with Gasteiger partial charge in [0, 0.05) is 18.5 Å². The van der Waals surface area contributed by atoms with Crippen molar-refractivity contribution in [1.29, 1.82) is 0 Å². The summed E-state index contributed by atoms with van der Waals surface area (Å²) in [5, 5.41) is 2.99. The van der Waals surface area contributed by atoms with Crippen LogP contribution in [0.1, 0.15) is 35.2 Å². The fourth-order valence-electron chi connectivity index (χ4n) is 3.61. The van der Waals surface area contributed by atoms with Gasteiger partial charge < -0.3 is 9.73 Å². The molecule has 1 heterocycles. The largest absolute Gasteiger partial charge is 0.444 e. The Bertz CT molecular complexity index is 915. The molecule has 0 saturated carbocycles. The predicted molar refractivity (Wildman–Crippen MR) is 105 cm³/mol. The minimum Gasteiger partial charge on any atom is -0.444 e. The maximum Gasteiger partial charge on any atom is 0.226 e. The van der Waals surface area contributed by atoms with Crippen molar-refractivity contribution in [3.63, 3.8) is 0 Å². The lowest BCUT2D eigenvalue weighted by Gasteiger charge is -2.16. The van der Waals surface area contributed by atoms with Crippen LogP contribution in [0.5, 0.6) is 0 Å². The van der Waals surface area contributed by atoms with Crippen LogP contribution in [0.25, 0.3) is 11.5 Å². The Balaban J connectivity index is 1.27. The summed E-state index contributed by atoms with van der Waals surface area (Å²) in [4.78, 5) is 16.7. The summed E-state index contributed by atoms with van der Waals surface area (Å²) in [5.74, 6) is 0.670. The molecule has 1 N–H and O–H groups in total. The van der Waals surface area contributed by atoms with Crippen molar-refractivity contribution in [2.75, 3.05) is 6.54 Å². The van der Waals surface area contributed by atoms with Gasteiger partial charge in [-0.25, -0.2) is 4.98 Å². The molecule has 0 radical (unpaired) electrons. The van der Waals surface area contributed by atoms with E-state index in [-0.39, 0.29) is 5.91 Å². The van der Waals surface area contributed by atoms with Gasteiger partial charge in [0.25, 0.3) is 0 Å². The highest BCUT2D eigenvalue weighted by atomic mass is 16.3. The Labute approximate surface area is 159 Å². The Morgan fingerprint density at radius 1 is 1.04 bits per heavy atom. The van der Waals surface area contributed by atoms with Gasteiger partial charge in [-0.2, -0.15) is 0 Å². The zero-order valence-corrected chi connectivity index (χ0v) is 15.4. The number of fused-ring (bicyclic) bond motifs is 1. The lowest BCUT2D eigenvalue weighted by molar-refractivity contribution is -0.120. The molecule has 3 aromatic rings. The standard InChI is InChI=1S/C23H24N2O2/c26-22(15-17-10-11-18-6-4-5-9-20(18)14-17)24-13-12-21-16-27-23(25-21)19-7-2-1-3-8-19/h1-3,7-8,10-11,14,16H,4-6,9,12-13,15H2,(H,24,26). The molecule has 4 rings (SSSR count). The van der Waals surface area contributed by atoms with Gasteiger partial charge in [-0.05, 0) is 54.5 Å². The molecule has 0 aliphatic heterocycles. The topological polar surface area (TPSA) is 55.1 Å². The molecule has 0 spiro atoms. The van der Waals surface area contributed by atoms with E-state index >= 15 is 0 Å². The first-order chi connectivity index (χ1) is 13.3. The molecule has 1 aliphatic carbocycles. The smallest absolute Gasteiger partial charge is 0.226 e. The molecule has 1 aliphatic rings.